The van der Waals surface area contributed by atoms with Crippen LogP contribution in [-0.4, -0.2) is 37.2 Å². The minimum Gasteiger partial charge on any atom is -0.379 e. The number of nitrogens with zero attached hydrogens (tertiary/aromatic N) is 2. The zero-order valence-corrected chi connectivity index (χ0v) is 11.2. The van der Waals surface area contributed by atoms with E-state index in [-0.39, 0.29) is 6.04 Å². The van der Waals surface area contributed by atoms with Crippen molar-refractivity contribution in [2.45, 2.75) is 12.5 Å². The van der Waals surface area contributed by atoms with Crippen molar-refractivity contribution in [1.29, 1.82) is 5.26 Å². The maximum atomic E-state index is 9.25. The van der Waals surface area contributed by atoms with Gasteiger partial charge in [0.25, 0.3) is 0 Å². The fourth-order valence-corrected chi connectivity index (χ4v) is 2.25. The van der Waals surface area contributed by atoms with Crippen LogP contribution < -0.4 is 0 Å². The van der Waals surface area contributed by atoms with E-state index < -0.39 is 0 Å². The van der Waals surface area contributed by atoms with Crippen molar-refractivity contribution in [3.63, 3.8) is 0 Å². The molecule has 0 aromatic heterocycles. The highest BCUT2D eigenvalue weighted by molar-refractivity contribution is 9.10. The summed E-state index contributed by atoms with van der Waals surface area (Å²) in [5.41, 5.74) is 1.20. The molecule has 0 bridgehead atoms. The Hall–Kier alpha value is -0.890. The Morgan fingerprint density at radius 1 is 1.29 bits per heavy atom. The zero-order chi connectivity index (χ0) is 12.1. The summed E-state index contributed by atoms with van der Waals surface area (Å²) in [5.74, 6) is 0. The quantitative estimate of drug-likeness (QED) is 0.858. The maximum Gasteiger partial charge on any atom is 0.102 e. The Bertz CT molecular complexity index is 393. The van der Waals surface area contributed by atoms with Gasteiger partial charge in [0.1, 0.15) is 6.04 Å². The molecule has 0 amide bonds. The molecule has 0 spiro atoms. The van der Waals surface area contributed by atoms with E-state index in [9.17, 15) is 5.26 Å². The van der Waals surface area contributed by atoms with Crippen LogP contribution in [0.1, 0.15) is 5.56 Å². The van der Waals surface area contributed by atoms with Gasteiger partial charge in [-0.1, -0.05) is 28.1 Å². The average Bonchev–Trinajstić information content (AvgIpc) is 2.39. The minimum absolute atomic E-state index is 0.0416. The summed E-state index contributed by atoms with van der Waals surface area (Å²) in [4.78, 5) is 2.20. The third-order valence-electron chi connectivity index (χ3n) is 2.98. The van der Waals surface area contributed by atoms with E-state index in [1.165, 1.54) is 5.56 Å². The number of hydrogen-bond acceptors (Lipinski definition) is 3. The lowest BCUT2D eigenvalue weighted by Crippen LogP contribution is -2.43. The molecular formula is C13H15BrN2O. The van der Waals surface area contributed by atoms with Crippen molar-refractivity contribution in [2.75, 3.05) is 26.3 Å². The van der Waals surface area contributed by atoms with Gasteiger partial charge >= 0.3 is 0 Å². The van der Waals surface area contributed by atoms with E-state index in [1.54, 1.807) is 0 Å². The molecule has 0 saturated carbocycles. The molecule has 1 aromatic carbocycles. The highest BCUT2D eigenvalue weighted by atomic mass is 79.9. The second kappa shape index (κ2) is 6.15. The van der Waals surface area contributed by atoms with Crippen LogP contribution >= 0.6 is 15.9 Å². The molecule has 90 valence electrons. The first-order valence-corrected chi connectivity index (χ1v) is 6.55. The first-order chi connectivity index (χ1) is 8.29. The first-order valence-electron chi connectivity index (χ1n) is 5.75. The number of nitriles is 1. The monoisotopic (exact) mass is 294 g/mol. The molecule has 0 aliphatic carbocycles. The van der Waals surface area contributed by atoms with Crippen LogP contribution in [0.15, 0.2) is 28.7 Å². The lowest BCUT2D eigenvalue weighted by atomic mass is 10.1. The topological polar surface area (TPSA) is 36.3 Å². The number of halogens is 1. The molecule has 3 nitrogen and oxygen atoms in total. The maximum absolute atomic E-state index is 9.25. The molecule has 0 N–H and O–H groups in total. The van der Waals surface area contributed by atoms with E-state index in [0.29, 0.717) is 0 Å². The standard InChI is InChI=1S/C13H15BrN2O/c14-12-3-1-11(2-4-12)9-13(10-15)16-5-7-17-8-6-16/h1-4,13H,5-9H2. The van der Waals surface area contributed by atoms with E-state index in [4.69, 9.17) is 4.74 Å². The summed E-state index contributed by atoms with van der Waals surface area (Å²) in [6.45, 7) is 3.18. The highest BCUT2D eigenvalue weighted by Crippen LogP contribution is 2.14. The van der Waals surface area contributed by atoms with Crippen LogP contribution in [0.25, 0.3) is 0 Å². The zero-order valence-electron chi connectivity index (χ0n) is 9.60. The Kier molecular flexibility index (Phi) is 4.55. The van der Waals surface area contributed by atoms with E-state index >= 15 is 0 Å². The summed E-state index contributed by atoms with van der Waals surface area (Å²) in [6, 6.07) is 10.5. The lowest BCUT2D eigenvalue weighted by Gasteiger charge is -2.30. The van der Waals surface area contributed by atoms with Crippen molar-refractivity contribution < 1.29 is 4.74 Å². The minimum atomic E-state index is -0.0416. The van der Waals surface area contributed by atoms with Gasteiger partial charge in [-0.25, -0.2) is 0 Å². The molecule has 17 heavy (non-hydrogen) atoms. The summed E-state index contributed by atoms with van der Waals surface area (Å²) >= 11 is 3.41. The van der Waals surface area contributed by atoms with E-state index in [0.717, 1.165) is 37.2 Å². The van der Waals surface area contributed by atoms with Crippen molar-refractivity contribution in [3.05, 3.63) is 34.3 Å². The van der Waals surface area contributed by atoms with Gasteiger partial charge in [0.05, 0.1) is 19.3 Å². The second-order valence-corrected chi connectivity index (χ2v) is 5.04. The van der Waals surface area contributed by atoms with Crippen LogP contribution in [-0.2, 0) is 11.2 Å². The molecule has 1 saturated heterocycles. The normalized spacial score (nSPS) is 18.6. The van der Waals surface area contributed by atoms with Crippen LogP contribution in [0, 0.1) is 11.3 Å². The van der Waals surface area contributed by atoms with Gasteiger partial charge in [-0.3, -0.25) is 4.90 Å². The summed E-state index contributed by atoms with van der Waals surface area (Å²) in [6.07, 6.45) is 0.782. The smallest absolute Gasteiger partial charge is 0.102 e. The Balaban J connectivity index is 1.99. The average molecular weight is 295 g/mol. The summed E-state index contributed by atoms with van der Waals surface area (Å²) < 4.78 is 6.37. The van der Waals surface area contributed by atoms with Crippen LogP contribution in [0.3, 0.4) is 0 Å². The second-order valence-electron chi connectivity index (χ2n) is 4.12. The highest BCUT2D eigenvalue weighted by Gasteiger charge is 2.20. The molecule has 1 atom stereocenters. The molecule has 1 fully saturated rings. The fraction of sp³-hybridized carbons (Fsp3) is 0.462. The van der Waals surface area contributed by atoms with Crippen molar-refractivity contribution in [1.82, 2.24) is 4.90 Å². The largest absolute Gasteiger partial charge is 0.379 e. The van der Waals surface area contributed by atoms with E-state index in [2.05, 4.69) is 39.0 Å². The van der Waals surface area contributed by atoms with Crippen LogP contribution in [0.4, 0.5) is 0 Å². The van der Waals surface area contributed by atoms with Crippen LogP contribution in [0.2, 0.25) is 0 Å². The third-order valence-corrected chi connectivity index (χ3v) is 3.51. The molecule has 1 aromatic rings. The SMILES string of the molecule is N#CC(Cc1ccc(Br)cc1)N1CCOCC1. The molecule has 2 rings (SSSR count). The van der Waals surface area contributed by atoms with Crippen molar-refractivity contribution in [3.8, 4) is 6.07 Å². The molecule has 4 heteroatoms. The number of rotatable bonds is 3. The number of morpholine rings is 1. The molecule has 0 radical (unpaired) electrons. The van der Waals surface area contributed by atoms with Gasteiger partial charge in [-0.15, -0.1) is 0 Å². The van der Waals surface area contributed by atoms with Gasteiger partial charge in [0, 0.05) is 24.0 Å². The molecule has 1 aliphatic rings. The fourth-order valence-electron chi connectivity index (χ4n) is 1.99. The van der Waals surface area contributed by atoms with Gasteiger partial charge in [0.15, 0.2) is 0 Å². The van der Waals surface area contributed by atoms with Crippen molar-refractivity contribution in [2.24, 2.45) is 0 Å². The lowest BCUT2D eigenvalue weighted by molar-refractivity contribution is 0.0270. The van der Waals surface area contributed by atoms with Crippen LogP contribution in [0.5, 0.6) is 0 Å². The molecule has 1 heterocycles. The van der Waals surface area contributed by atoms with Gasteiger partial charge in [0.2, 0.25) is 0 Å². The number of hydrogen-bond donors (Lipinski definition) is 0. The summed E-state index contributed by atoms with van der Waals surface area (Å²) in [5, 5.41) is 9.25. The third kappa shape index (κ3) is 3.53. The Morgan fingerprint density at radius 3 is 2.53 bits per heavy atom. The first kappa shape index (κ1) is 12.6. The van der Waals surface area contributed by atoms with Crippen molar-refractivity contribution >= 4 is 15.9 Å². The molecular weight excluding hydrogens is 280 g/mol. The Morgan fingerprint density at radius 2 is 1.94 bits per heavy atom. The molecule has 1 unspecified atom stereocenters. The number of benzene rings is 1. The predicted octanol–water partition coefficient (Wildman–Crippen LogP) is 2.22. The number of ether oxygens (including phenoxy) is 1. The van der Waals surface area contributed by atoms with E-state index in [1.807, 2.05) is 12.1 Å². The predicted molar refractivity (Wildman–Crippen MR) is 69.6 cm³/mol. The van der Waals surface area contributed by atoms with Gasteiger partial charge in [-0.2, -0.15) is 5.26 Å². The van der Waals surface area contributed by atoms with Gasteiger partial charge < -0.3 is 4.74 Å². The molecule has 1 aliphatic heterocycles. The summed E-state index contributed by atoms with van der Waals surface area (Å²) in [7, 11) is 0. The van der Waals surface area contributed by atoms with Gasteiger partial charge in [-0.05, 0) is 17.7 Å². The Labute approximate surface area is 110 Å².